The SMILES string of the molecule is CCCS(=O)(=O)N1CCC2(CCC(NCc3ncnc4c3CCN4)CC2)CC1. The fourth-order valence-corrected chi connectivity index (χ4v) is 6.64. The molecular weight excluding hydrogens is 374 g/mol. The monoisotopic (exact) mass is 407 g/mol. The van der Waals surface area contributed by atoms with Crippen molar-refractivity contribution >= 4 is 15.8 Å². The van der Waals surface area contributed by atoms with Crippen molar-refractivity contribution in [3.8, 4) is 0 Å². The number of fused-ring (bicyclic) bond motifs is 1. The van der Waals surface area contributed by atoms with Gasteiger partial charge in [0.1, 0.15) is 12.1 Å². The zero-order valence-electron chi connectivity index (χ0n) is 16.9. The molecule has 2 N–H and O–H groups in total. The van der Waals surface area contributed by atoms with Gasteiger partial charge in [-0.1, -0.05) is 6.92 Å². The number of sulfonamides is 1. The minimum absolute atomic E-state index is 0.286. The van der Waals surface area contributed by atoms with Gasteiger partial charge in [0.05, 0.1) is 11.4 Å². The molecule has 7 nitrogen and oxygen atoms in total. The lowest BCUT2D eigenvalue weighted by atomic mass is 9.67. The molecule has 1 saturated carbocycles. The van der Waals surface area contributed by atoms with Gasteiger partial charge in [0.2, 0.25) is 10.0 Å². The molecule has 0 atom stereocenters. The van der Waals surface area contributed by atoms with E-state index in [1.54, 1.807) is 10.6 Å². The van der Waals surface area contributed by atoms with Crippen LogP contribution in [0.4, 0.5) is 5.82 Å². The van der Waals surface area contributed by atoms with Crippen molar-refractivity contribution in [3.63, 3.8) is 0 Å². The van der Waals surface area contributed by atoms with Gasteiger partial charge >= 0.3 is 0 Å². The molecule has 3 heterocycles. The molecule has 1 saturated heterocycles. The molecule has 0 bridgehead atoms. The number of hydrogen-bond acceptors (Lipinski definition) is 6. The van der Waals surface area contributed by atoms with E-state index in [2.05, 4.69) is 20.6 Å². The summed E-state index contributed by atoms with van der Waals surface area (Å²) >= 11 is 0. The van der Waals surface area contributed by atoms with E-state index >= 15 is 0 Å². The quantitative estimate of drug-likeness (QED) is 0.752. The summed E-state index contributed by atoms with van der Waals surface area (Å²) < 4.78 is 26.4. The summed E-state index contributed by atoms with van der Waals surface area (Å²) in [7, 11) is -3.04. The Labute approximate surface area is 168 Å². The summed E-state index contributed by atoms with van der Waals surface area (Å²) in [5, 5.41) is 7.03. The first-order valence-corrected chi connectivity index (χ1v) is 12.4. The Hall–Kier alpha value is -1.25. The van der Waals surface area contributed by atoms with Crippen molar-refractivity contribution in [1.29, 1.82) is 0 Å². The summed E-state index contributed by atoms with van der Waals surface area (Å²) in [6, 6.07) is 0.535. The Bertz CT molecular complexity index is 780. The number of aromatic nitrogens is 2. The number of nitrogens with zero attached hydrogens (tertiary/aromatic N) is 3. The Morgan fingerprint density at radius 2 is 1.96 bits per heavy atom. The summed E-state index contributed by atoms with van der Waals surface area (Å²) in [6.07, 6.45) is 10.2. The third kappa shape index (κ3) is 4.19. The third-order valence-electron chi connectivity index (χ3n) is 6.95. The predicted molar refractivity (Wildman–Crippen MR) is 111 cm³/mol. The minimum Gasteiger partial charge on any atom is -0.369 e. The first-order chi connectivity index (χ1) is 13.5. The smallest absolute Gasteiger partial charge is 0.214 e. The van der Waals surface area contributed by atoms with Crippen LogP contribution < -0.4 is 10.6 Å². The first-order valence-electron chi connectivity index (χ1n) is 10.8. The summed E-state index contributed by atoms with van der Waals surface area (Å²) in [5.74, 6) is 1.29. The third-order valence-corrected chi connectivity index (χ3v) is 9.02. The molecule has 0 radical (unpaired) electrons. The molecule has 28 heavy (non-hydrogen) atoms. The van der Waals surface area contributed by atoms with Gasteiger partial charge in [-0.2, -0.15) is 0 Å². The first kappa shape index (κ1) is 20.0. The highest BCUT2D eigenvalue weighted by molar-refractivity contribution is 7.89. The van der Waals surface area contributed by atoms with Crippen molar-refractivity contribution in [2.75, 3.05) is 30.7 Å². The maximum Gasteiger partial charge on any atom is 0.214 e. The van der Waals surface area contributed by atoms with E-state index in [1.807, 2.05) is 6.92 Å². The van der Waals surface area contributed by atoms with Crippen LogP contribution in [0.1, 0.15) is 63.1 Å². The Morgan fingerprint density at radius 1 is 1.21 bits per heavy atom. The maximum absolute atomic E-state index is 12.3. The molecule has 1 spiro atoms. The van der Waals surface area contributed by atoms with Crippen LogP contribution in [-0.2, 0) is 23.0 Å². The molecule has 3 aliphatic rings. The molecular formula is C20H33N5O2S. The highest BCUT2D eigenvalue weighted by atomic mass is 32.2. The Kier molecular flexibility index (Phi) is 5.90. The second kappa shape index (κ2) is 8.24. The molecule has 2 fully saturated rings. The van der Waals surface area contributed by atoms with Crippen molar-refractivity contribution in [1.82, 2.24) is 19.6 Å². The van der Waals surface area contributed by atoms with Gasteiger partial charge in [-0.15, -0.1) is 0 Å². The van der Waals surface area contributed by atoms with Crippen LogP contribution in [0.25, 0.3) is 0 Å². The minimum atomic E-state index is -3.04. The number of piperidine rings is 1. The largest absolute Gasteiger partial charge is 0.369 e. The number of rotatable bonds is 6. The maximum atomic E-state index is 12.3. The van der Waals surface area contributed by atoms with Crippen molar-refractivity contribution in [2.45, 2.75) is 70.9 Å². The van der Waals surface area contributed by atoms with Crippen LogP contribution in [-0.4, -0.2) is 54.1 Å². The molecule has 1 aliphatic carbocycles. The van der Waals surface area contributed by atoms with Gasteiger partial charge in [-0.3, -0.25) is 0 Å². The van der Waals surface area contributed by atoms with E-state index in [-0.39, 0.29) is 5.75 Å². The molecule has 156 valence electrons. The van der Waals surface area contributed by atoms with E-state index in [1.165, 1.54) is 31.2 Å². The van der Waals surface area contributed by atoms with Gasteiger partial charge < -0.3 is 10.6 Å². The molecule has 0 aromatic carbocycles. The lowest BCUT2D eigenvalue weighted by molar-refractivity contribution is 0.0885. The number of anilines is 1. The lowest BCUT2D eigenvalue weighted by Crippen LogP contribution is -2.46. The van der Waals surface area contributed by atoms with Crippen LogP contribution in [0.3, 0.4) is 0 Å². The lowest BCUT2D eigenvalue weighted by Gasteiger charge is -2.45. The highest BCUT2D eigenvalue weighted by Gasteiger charge is 2.40. The molecule has 4 rings (SSSR count). The Balaban J connectivity index is 1.26. The average Bonchev–Trinajstić information content (AvgIpc) is 3.17. The summed E-state index contributed by atoms with van der Waals surface area (Å²) in [6.45, 7) is 5.12. The topological polar surface area (TPSA) is 87.2 Å². The van der Waals surface area contributed by atoms with Gasteiger partial charge in [0, 0.05) is 37.8 Å². The van der Waals surface area contributed by atoms with Crippen LogP contribution in [0.5, 0.6) is 0 Å². The molecule has 0 amide bonds. The molecule has 2 aliphatic heterocycles. The fourth-order valence-electron chi connectivity index (χ4n) is 5.12. The van der Waals surface area contributed by atoms with E-state index in [9.17, 15) is 8.42 Å². The van der Waals surface area contributed by atoms with Crippen molar-refractivity contribution < 1.29 is 8.42 Å². The van der Waals surface area contributed by atoms with Crippen molar-refractivity contribution in [2.24, 2.45) is 5.41 Å². The number of hydrogen-bond donors (Lipinski definition) is 2. The van der Waals surface area contributed by atoms with E-state index in [4.69, 9.17) is 0 Å². The van der Waals surface area contributed by atoms with Gasteiger partial charge in [-0.25, -0.2) is 22.7 Å². The van der Waals surface area contributed by atoms with E-state index < -0.39 is 10.0 Å². The molecule has 8 heteroatoms. The normalized spacial score (nSPS) is 22.9. The van der Waals surface area contributed by atoms with Gasteiger partial charge in [0.25, 0.3) is 0 Å². The van der Waals surface area contributed by atoms with Crippen LogP contribution in [0.2, 0.25) is 0 Å². The van der Waals surface area contributed by atoms with Gasteiger partial charge in [0.15, 0.2) is 0 Å². The Morgan fingerprint density at radius 3 is 2.68 bits per heavy atom. The zero-order chi connectivity index (χ0) is 19.6. The zero-order valence-corrected chi connectivity index (χ0v) is 17.7. The molecule has 1 aromatic heterocycles. The predicted octanol–water partition coefficient (Wildman–Crippen LogP) is 2.30. The highest BCUT2D eigenvalue weighted by Crippen LogP contribution is 2.45. The molecule has 1 aromatic rings. The second-order valence-corrected chi connectivity index (χ2v) is 10.8. The summed E-state index contributed by atoms with van der Waals surface area (Å²) in [5.41, 5.74) is 2.75. The van der Waals surface area contributed by atoms with Crippen LogP contribution in [0, 0.1) is 5.41 Å². The summed E-state index contributed by atoms with van der Waals surface area (Å²) in [4.78, 5) is 8.80. The van der Waals surface area contributed by atoms with Crippen LogP contribution >= 0.6 is 0 Å². The van der Waals surface area contributed by atoms with E-state index in [0.29, 0.717) is 31.0 Å². The van der Waals surface area contributed by atoms with Gasteiger partial charge in [-0.05, 0) is 56.8 Å². The second-order valence-electron chi connectivity index (χ2n) is 8.69. The van der Waals surface area contributed by atoms with Crippen LogP contribution in [0.15, 0.2) is 6.33 Å². The molecule has 0 unspecified atom stereocenters. The van der Waals surface area contributed by atoms with E-state index in [0.717, 1.165) is 43.9 Å². The fraction of sp³-hybridized carbons (Fsp3) is 0.800. The average molecular weight is 408 g/mol. The van der Waals surface area contributed by atoms with Crippen molar-refractivity contribution in [3.05, 3.63) is 17.6 Å². The number of nitrogens with one attached hydrogen (secondary N) is 2. The standard InChI is InChI=1S/C20H33N5O2S/c1-2-13-28(26,27)25-11-8-20(9-12-25)6-3-16(4-7-20)22-14-18-17-5-10-21-19(17)24-15-23-18/h15-16,22H,2-14H2,1H3,(H,21,23,24).